The molecule has 1 fully saturated rings. The van der Waals surface area contributed by atoms with E-state index in [1.807, 2.05) is 61.5 Å². The van der Waals surface area contributed by atoms with Crippen molar-refractivity contribution in [1.29, 1.82) is 0 Å². The molecule has 1 aliphatic heterocycles. The number of nitrogens with zero attached hydrogens (tertiary/aromatic N) is 2. The zero-order valence-corrected chi connectivity index (χ0v) is 20.9. The third-order valence-electron chi connectivity index (χ3n) is 6.03. The molecule has 0 aliphatic carbocycles. The predicted octanol–water partition coefficient (Wildman–Crippen LogP) is 3.54. The van der Waals surface area contributed by atoms with Gasteiger partial charge in [0.05, 0.1) is 25.5 Å². The Morgan fingerprint density at radius 1 is 1.00 bits per heavy atom. The summed E-state index contributed by atoms with van der Waals surface area (Å²) < 4.78 is 11.0. The van der Waals surface area contributed by atoms with E-state index >= 15 is 0 Å². The average molecular weight is 501 g/mol. The monoisotopic (exact) mass is 500 g/mol. The molecule has 0 unspecified atom stereocenters. The van der Waals surface area contributed by atoms with Crippen LogP contribution in [0.5, 0.6) is 5.75 Å². The number of nitrogens with one attached hydrogen (secondary N) is 2. The highest BCUT2D eigenvalue weighted by atomic mass is 16.5. The van der Waals surface area contributed by atoms with Gasteiger partial charge in [-0.15, -0.1) is 0 Å². The van der Waals surface area contributed by atoms with E-state index in [9.17, 15) is 9.59 Å². The van der Waals surface area contributed by atoms with Crippen LogP contribution in [0.4, 0.5) is 0 Å². The Hall–Kier alpha value is -4.01. The molecule has 1 aliphatic rings. The maximum Gasteiger partial charge on any atom is 0.271 e. The SMILES string of the molecule is C[C@H](NC(=O)COc1ccc(/C=N\NC(=O)c2ccc(CN3CCOCC3)cc2)cc1)c1ccccc1. The molecule has 3 aromatic carbocycles. The number of hydrogen-bond acceptors (Lipinski definition) is 6. The van der Waals surface area contributed by atoms with E-state index in [0.717, 1.165) is 49.5 Å². The summed E-state index contributed by atoms with van der Waals surface area (Å²) >= 11 is 0. The summed E-state index contributed by atoms with van der Waals surface area (Å²) in [6, 6.07) is 24.3. The van der Waals surface area contributed by atoms with Crippen LogP contribution in [0, 0.1) is 0 Å². The van der Waals surface area contributed by atoms with E-state index < -0.39 is 0 Å². The van der Waals surface area contributed by atoms with Gasteiger partial charge in [0.1, 0.15) is 5.75 Å². The largest absolute Gasteiger partial charge is 0.484 e. The minimum atomic E-state index is -0.273. The van der Waals surface area contributed by atoms with Gasteiger partial charge in [-0.2, -0.15) is 5.10 Å². The number of benzene rings is 3. The van der Waals surface area contributed by atoms with Gasteiger partial charge >= 0.3 is 0 Å². The number of amides is 2. The molecule has 8 heteroatoms. The predicted molar refractivity (Wildman–Crippen MR) is 143 cm³/mol. The normalized spacial score (nSPS) is 14.7. The van der Waals surface area contributed by atoms with Crippen LogP contribution in [0.3, 0.4) is 0 Å². The highest BCUT2D eigenvalue weighted by molar-refractivity contribution is 5.94. The Labute approximate surface area is 217 Å². The number of carbonyl (C=O) groups is 2. The van der Waals surface area contributed by atoms with Crippen LogP contribution in [0.15, 0.2) is 84.0 Å². The fourth-order valence-corrected chi connectivity index (χ4v) is 3.92. The Kier molecular flexibility index (Phi) is 9.40. The molecular weight excluding hydrogens is 468 g/mol. The first kappa shape index (κ1) is 26.1. The molecule has 1 heterocycles. The molecule has 0 radical (unpaired) electrons. The van der Waals surface area contributed by atoms with Crippen molar-refractivity contribution < 1.29 is 19.1 Å². The Balaban J connectivity index is 1.19. The lowest BCUT2D eigenvalue weighted by atomic mass is 10.1. The van der Waals surface area contributed by atoms with Gasteiger partial charge in [0.25, 0.3) is 11.8 Å². The molecule has 2 amide bonds. The van der Waals surface area contributed by atoms with Crippen LogP contribution in [-0.2, 0) is 16.1 Å². The standard InChI is InChI=1S/C29H32N4O4/c1-22(25-5-3-2-4-6-25)31-28(34)21-37-27-13-9-23(10-14-27)19-30-32-29(35)26-11-7-24(8-12-26)20-33-15-17-36-18-16-33/h2-14,19,22H,15-18,20-21H2,1H3,(H,31,34)(H,32,35)/b30-19-/t22-/m0/s1. The van der Waals surface area contributed by atoms with Crippen molar-refractivity contribution in [3.63, 3.8) is 0 Å². The molecule has 37 heavy (non-hydrogen) atoms. The van der Waals surface area contributed by atoms with E-state index in [4.69, 9.17) is 9.47 Å². The summed E-state index contributed by atoms with van der Waals surface area (Å²) in [5.74, 6) is 0.101. The Bertz CT molecular complexity index is 1170. The van der Waals surface area contributed by atoms with Gasteiger partial charge in [0, 0.05) is 25.2 Å². The highest BCUT2D eigenvalue weighted by Gasteiger charge is 2.12. The van der Waals surface area contributed by atoms with Crippen molar-refractivity contribution in [1.82, 2.24) is 15.6 Å². The molecule has 4 rings (SSSR count). The van der Waals surface area contributed by atoms with Crippen LogP contribution in [0.1, 0.15) is 40.0 Å². The third kappa shape index (κ3) is 8.27. The number of rotatable bonds is 10. The maximum absolute atomic E-state index is 12.4. The van der Waals surface area contributed by atoms with E-state index in [1.165, 1.54) is 0 Å². The number of carbonyl (C=O) groups excluding carboxylic acids is 2. The summed E-state index contributed by atoms with van der Waals surface area (Å²) in [6.45, 7) is 6.08. The third-order valence-corrected chi connectivity index (χ3v) is 6.03. The van der Waals surface area contributed by atoms with E-state index in [0.29, 0.717) is 11.3 Å². The van der Waals surface area contributed by atoms with Gasteiger partial charge in [0.2, 0.25) is 0 Å². The number of hydrazone groups is 1. The van der Waals surface area contributed by atoms with Crippen molar-refractivity contribution in [2.24, 2.45) is 5.10 Å². The number of hydrogen-bond donors (Lipinski definition) is 2. The average Bonchev–Trinajstić information content (AvgIpc) is 2.94. The van der Waals surface area contributed by atoms with Gasteiger partial charge in [-0.25, -0.2) is 5.43 Å². The van der Waals surface area contributed by atoms with Gasteiger partial charge < -0.3 is 14.8 Å². The number of ether oxygens (including phenoxy) is 2. The van der Waals surface area contributed by atoms with Crippen molar-refractivity contribution in [3.8, 4) is 5.75 Å². The minimum Gasteiger partial charge on any atom is -0.484 e. The fraction of sp³-hybridized carbons (Fsp3) is 0.276. The topological polar surface area (TPSA) is 92.3 Å². The number of morpholine rings is 1. The second-order valence-corrected chi connectivity index (χ2v) is 8.84. The zero-order valence-electron chi connectivity index (χ0n) is 20.9. The molecule has 8 nitrogen and oxygen atoms in total. The lowest BCUT2D eigenvalue weighted by molar-refractivity contribution is -0.123. The van der Waals surface area contributed by atoms with Gasteiger partial charge in [-0.1, -0.05) is 42.5 Å². The quantitative estimate of drug-likeness (QED) is 0.328. The van der Waals surface area contributed by atoms with E-state index in [2.05, 4.69) is 20.7 Å². The summed E-state index contributed by atoms with van der Waals surface area (Å²) in [5.41, 5.74) is 6.08. The smallest absolute Gasteiger partial charge is 0.271 e. The van der Waals surface area contributed by atoms with Crippen LogP contribution in [-0.4, -0.2) is 55.8 Å². The highest BCUT2D eigenvalue weighted by Crippen LogP contribution is 2.13. The molecular formula is C29H32N4O4. The Morgan fingerprint density at radius 2 is 1.70 bits per heavy atom. The molecule has 2 N–H and O–H groups in total. The molecule has 3 aromatic rings. The van der Waals surface area contributed by atoms with E-state index in [-0.39, 0.29) is 24.5 Å². The second-order valence-electron chi connectivity index (χ2n) is 8.84. The fourth-order valence-electron chi connectivity index (χ4n) is 3.92. The van der Waals surface area contributed by atoms with Crippen LogP contribution in [0.2, 0.25) is 0 Å². The van der Waals surface area contributed by atoms with Crippen LogP contribution in [0.25, 0.3) is 0 Å². The zero-order chi connectivity index (χ0) is 25.9. The minimum absolute atomic E-state index is 0.0775. The molecule has 1 saturated heterocycles. The molecule has 0 aromatic heterocycles. The van der Waals surface area contributed by atoms with Crippen LogP contribution < -0.4 is 15.5 Å². The first-order chi connectivity index (χ1) is 18.1. The summed E-state index contributed by atoms with van der Waals surface area (Å²) in [7, 11) is 0. The first-order valence-electron chi connectivity index (χ1n) is 12.4. The lowest BCUT2D eigenvalue weighted by Gasteiger charge is -2.26. The summed E-state index contributed by atoms with van der Waals surface area (Å²) in [6.07, 6.45) is 1.56. The van der Waals surface area contributed by atoms with Gasteiger partial charge in [-0.05, 0) is 60.0 Å². The first-order valence-corrected chi connectivity index (χ1v) is 12.4. The van der Waals surface area contributed by atoms with Crippen LogP contribution >= 0.6 is 0 Å². The maximum atomic E-state index is 12.4. The van der Waals surface area contributed by atoms with Crippen molar-refractivity contribution >= 4 is 18.0 Å². The van der Waals surface area contributed by atoms with E-state index in [1.54, 1.807) is 30.5 Å². The Morgan fingerprint density at radius 3 is 2.41 bits per heavy atom. The molecule has 1 atom stereocenters. The summed E-state index contributed by atoms with van der Waals surface area (Å²) in [4.78, 5) is 26.9. The van der Waals surface area contributed by atoms with Crippen molar-refractivity contribution in [2.75, 3.05) is 32.9 Å². The van der Waals surface area contributed by atoms with Crippen molar-refractivity contribution in [2.45, 2.75) is 19.5 Å². The molecule has 192 valence electrons. The summed E-state index contributed by atoms with van der Waals surface area (Å²) in [5, 5.41) is 6.97. The van der Waals surface area contributed by atoms with Gasteiger partial charge in [0.15, 0.2) is 6.61 Å². The van der Waals surface area contributed by atoms with Gasteiger partial charge in [-0.3, -0.25) is 14.5 Å². The molecule has 0 saturated carbocycles. The molecule has 0 spiro atoms. The lowest BCUT2D eigenvalue weighted by Crippen LogP contribution is -2.35. The second kappa shape index (κ2) is 13.3. The van der Waals surface area contributed by atoms with Crippen molar-refractivity contribution in [3.05, 3.63) is 101 Å². The molecule has 0 bridgehead atoms.